The van der Waals surface area contributed by atoms with Crippen molar-refractivity contribution < 1.29 is 19.4 Å². The van der Waals surface area contributed by atoms with Crippen LogP contribution in [0, 0.1) is 28.6 Å². The van der Waals surface area contributed by atoms with Crippen LogP contribution in [-0.2, 0) is 9.53 Å². The predicted molar refractivity (Wildman–Crippen MR) is 86.5 cm³/mol. The van der Waals surface area contributed by atoms with E-state index < -0.39 is 0 Å². The Labute approximate surface area is 146 Å². The lowest BCUT2D eigenvalue weighted by molar-refractivity contribution is -0.142. The lowest BCUT2D eigenvalue weighted by atomic mass is 9.81. The van der Waals surface area contributed by atoms with E-state index in [1.165, 1.54) is 6.20 Å². The summed E-state index contributed by atoms with van der Waals surface area (Å²) in [6.45, 7) is 2.97. The number of carbonyl (C=O) groups is 1. The number of carbonyl (C=O) groups excluding carboxylic acids is 1. The van der Waals surface area contributed by atoms with Crippen LogP contribution in [0.25, 0.3) is 0 Å². The molecule has 1 aromatic rings. The number of nitriles is 1. The Balaban J connectivity index is 1.40. The first-order chi connectivity index (χ1) is 12.1. The molecule has 0 bridgehead atoms. The van der Waals surface area contributed by atoms with Gasteiger partial charge in [0.05, 0.1) is 36.9 Å². The summed E-state index contributed by atoms with van der Waals surface area (Å²) in [6, 6.07) is 5.39. The summed E-state index contributed by atoms with van der Waals surface area (Å²) in [5.74, 6) is 0.856. The van der Waals surface area contributed by atoms with E-state index in [1.54, 1.807) is 12.1 Å². The highest BCUT2D eigenvalue weighted by Gasteiger charge is 2.53. The van der Waals surface area contributed by atoms with Gasteiger partial charge < -0.3 is 19.5 Å². The van der Waals surface area contributed by atoms with Crippen molar-refractivity contribution in [1.82, 2.24) is 9.88 Å². The Hall–Kier alpha value is -2.17. The highest BCUT2D eigenvalue weighted by atomic mass is 16.5. The van der Waals surface area contributed by atoms with Gasteiger partial charge in [-0.25, -0.2) is 4.98 Å². The van der Waals surface area contributed by atoms with Gasteiger partial charge in [0.1, 0.15) is 6.07 Å². The second-order valence-electron chi connectivity index (χ2n) is 7.40. The molecule has 1 aliphatic carbocycles. The Morgan fingerprint density at radius 3 is 3.04 bits per heavy atom. The van der Waals surface area contributed by atoms with E-state index in [9.17, 15) is 9.90 Å². The van der Waals surface area contributed by atoms with Gasteiger partial charge in [-0.1, -0.05) is 0 Å². The Bertz CT molecular complexity index is 695. The van der Waals surface area contributed by atoms with Crippen molar-refractivity contribution in [1.29, 1.82) is 5.26 Å². The number of aliphatic hydroxyl groups excluding tert-OH is 1. The summed E-state index contributed by atoms with van der Waals surface area (Å²) in [4.78, 5) is 18.6. The number of nitrogens with zero attached hydrogens (tertiary/aromatic N) is 3. The topological polar surface area (TPSA) is 95.7 Å². The zero-order valence-corrected chi connectivity index (χ0v) is 13.9. The molecule has 3 heterocycles. The van der Waals surface area contributed by atoms with Crippen LogP contribution in [0.15, 0.2) is 18.3 Å². The fourth-order valence-corrected chi connectivity index (χ4v) is 4.00. The minimum absolute atomic E-state index is 0.0343. The van der Waals surface area contributed by atoms with Crippen molar-refractivity contribution in [2.45, 2.75) is 18.9 Å². The van der Waals surface area contributed by atoms with E-state index >= 15 is 0 Å². The second-order valence-corrected chi connectivity index (χ2v) is 7.40. The number of amides is 1. The molecule has 4 rings (SSSR count). The first-order valence-electron chi connectivity index (χ1n) is 8.63. The molecular formula is C18H21N3O4. The summed E-state index contributed by atoms with van der Waals surface area (Å²) < 4.78 is 11.5. The van der Waals surface area contributed by atoms with Gasteiger partial charge in [0.2, 0.25) is 11.8 Å². The maximum atomic E-state index is 12.6. The molecule has 7 nitrogen and oxygen atoms in total. The fourth-order valence-electron chi connectivity index (χ4n) is 4.00. The van der Waals surface area contributed by atoms with Gasteiger partial charge in [-0.05, 0) is 18.9 Å². The highest BCUT2D eigenvalue weighted by Crippen LogP contribution is 2.43. The average molecular weight is 343 g/mol. The molecule has 1 N–H and O–H groups in total. The minimum Gasteiger partial charge on any atom is -0.477 e. The van der Waals surface area contributed by atoms with Crippen LogP contribution in [0.4, 0.5) is 0 Å². The fraction of sp³-hybridized carbons (Fsp3) is 0.611. The number of aromatic nitrogens is 1. The monoisotopic (exact) mass is 343 g/mol. The van der Waals surface area contributed by atoms with Crippen molar-refractivity contribution in [3.8, 4) is 11.9 Å². The molecule has 2 aliphatic heterocycles. The zero-order valence-electron chi connectivity index (χ0n) is 13.9. The Morgan fingerprint density at radius 1 is 1.52 bits per heavy atom. The van der Waals surface area contributed by atoms with Gasteiger partial charge in [0.25, 0.3) is 0 Å². The first-order valence-corrected chi connectivity index (χ1v) is 8.63. The average Bonchev–Trinajstić information content (AvgIpc) is 3.14. The van der Waals surface area contributed by atoms with Gasteiger partial charge in [0.15, 0.2) is 0 Å². The molecule has 1 aromatic heterocycles. The van der Waals surface area contributed by atoms with Crippen LogP contribution < -0.4 is 4.74 Å². The second kappa shape index (κ2) is 6.28. The molecule has 0 spiro atoms. The summed E-state index contributed by atoms with van der Waals surface area (Å²) in [7, 11) is 0. The number of pyridine rings is 1. The van der Waals surface area contributed by atoms with Crippen molar-refractivity contribution in [2.75, 3.05) is 32.9 Å². The Kier molecular flexibility index (Phi) is 4.10. The van der Waals surface area contributed by atoms with Crippen molar-refractivity contribution in [3.05, 3.63) is 23.9 Å². The molecule has 0 unspecified atom stereocenters. The highest BCUT2D eigenvalue weighted by molar-refractivity contribution is 5.80. The zero-order chi connectivity index (χ0) is 17.4. The lowest BCUT2D eigenvalue weighted by Crippen LogP contribution is -2.44. The number of rotatable bonds is 4. The molecular weight excluding hydrogens is 322 g/mol. The summed E-state index contributed by atoms with van der Waals surface area (Å²) in [5, 5.41) is 18.3. The third-order valence-electron chi connectivity index (χ3n) is 5.67. The molecule has 1 saturated carbocycles. The summed E-state index contributed by atoms with van der Waals surface area (Å²) in [6.07, 6.45) is 2.32. The molecule has 2 atom stereocenters. The van der Waals surface area contributed by atoms with E-state index in [4.69, 9.17) is 14.7 Å². The van der Waals surface area contributed by atoms with Crippen LogP contribution >= 0.6 is 0 Å². The van der Waals surface area contributed by atoms with Gasteiger partial charge in [-0.15, -0.1) is 0 Å². The van der Waals surface area contributed by atoms with Crippen LogP contribution in [-0.4, -0.2) is 59.9 Å². The van der Waals surface area contributed by atoms with E-state index in [2.05, 4.69) is 4.98 Å². The normalized spacial score (nSPS) is 33.4. The van der Waals surface area contributed by atoms with E-state index in [-0.39, 0.29) is 29.3 Å². The van der Waals surface area contributed by atoms with Gasteiger partial charge in [0, 0.05) is 37.2 Å². The maximum Gasteiger partial charge on any atom is 0.225 e. The van der Waals surface area contributed by atoms with Crippen LogP contribution in [0.1, 0.15) is 18.4 Å². The van der Waals surface area contributed by atoms with E-state index in [0.29, 0.717) is 57.2 Å². The quantitative estimate of drug-likeness (QED) is 0.859. The van der Waals surface area contributed by atoms with Crippen LogP contribution in [0.3, 0.4) is 0 Å². The van der Waals surface area contributed by atoms with Gasteiger partial charge >= 0.3 is 0 Å². The van der Waals surface area contributed by atoms with Crippen LogP contribution in [0.5, 0.6) is 5.88 Å². The van der Waals surface area contributed by atoms with Crippen molar-refractivity contribution in [3.63, 3.8) is 0 Å². The molecule has 0 radical (unpaired) electrons. The number of fused-ring (bicyclic) bond motifs is 1. The number of ether oxygens (including phenoxy) is 2. The summed E-state index contributed by atoms with van der Waals surface area (Å²) in [5.41, 5.74) is 0.293. The molecule has 3 aliphatic rings. The van der Waals surface area contributed by atoms with Crippen molar-refractivity contribution >= 4 is 5.91 Å². The molecule has 1 amide bonds. The van der Waals surface area contributed by atoms with Crippen molar-refractivity contribution in [2.24, 2.45) is 17.3 Å². The smallest absolute Gasteiger partial charge is 0.225 e. The molecule has 3 fully saturated rings. The number of aliphatic hydroxyl groups is 1. The molecule has 25 heavy (non-hydrogen) atoms. The van der Waals surface area contributed by atoms with Gasteiger partial charge in [-0.2, -0.15) is 5.26 Å². The maximum absolute atomic E-state index is 12.6. The Morgan fingerprint density at radius 2 is 2.36 bits per heavy atom. The third-order valence-corrected chi connectivity index (χ3v) is 5.67. The summed E-state index contributed by atoms with van der Waals surface area (Å²) >= 11 is 0. The predicted octanol–water partition coefficient (Wildman–Crippen LogP) is 0.578. The molecule has 2 saturated heterocycles. The molecule has 7 heteroatoms. The third kappa shape index (κ3) is 2.96. The van der Waals surface area contributed by atoms with E-state index in [1.807, 2.05) is 11.0 Å². The number of hydrogen-bond donors (Lipinski definition) is 1. The van der Waals surface area contributed by atoms with Gasteiger partial charge in [-0.3, -0.25) is 4.79 Å². The SMILES string of the molecule is N#Cc1ccc(OC[C@]23COC[C@H]2CN(C(=O)C2CC(O)C2)C3)nc1. The largest absolute Gasteiger partial charge is 0.477 e. The molecule has 0 aromatic carbocycles. The first kappa shape index (κ1) is 16.3. The minimum atomic E-state index is -0.320. The van der Waals surface area contributed by atoms with E-state index in [0.717, 1.165) is 0 Å². The lowest BCUT2D eigenvalue weighted by Gasteiger charge is -2.34. The molecule has 132 valence electrons. The number of hydrogen-bond acceptors (Lipinski definition) is 6. The standard InChI is InChI=1S/C18H21N3O4/c19-5-12-1-2-16(20-6-12)25-11-18-9-21(7-14(18)8-24-10-18)17(23)13-3-15(22)4-13/h1-2,6,13-15,22H,3-4,7-11H2/t13?,14-,15?,18+/m1/s1. The van der Waals surface area contributed by atoms with Crippen LogP contribution in [0.2, 0.25) is 0 Å². The number of likely N-dealkylation sites (tertiary alicyclic amines) is 1.